The molecule has 8 heteroatoms. The summed E-state index contributed by atoms with van der Waals surface area (Å²) in [6, 6.07) is 14.3. The number of hydrogen-bond acceptors (Lipinski definition) is 6. The molecular weight excluding hydrogens is 376 g/mol. The quantitative estimate of drug-likeness (QED) is 0.524. The number of aromatic nitrogens is 1. The zero-order chi connectivity index (χ0) is 19.5. The number of rotatable bonds is 5. The van der Waals surface area contributed by atoms with Crippen LogP contribution in [0.1, 0.15) is 27.2 Å². The third-order valence-electron chi connectivity index (χ3n) is 4.71. The standard InChI is InChI=1S/C20H18N4O3S/c25-19(17-7-3-4-8-18(17)24(26)27)22-20-21-16(13-28-20)12-23-10-9-14-5-1-2-6-15(14)11-23/h1-8,13H,9-12H2,(H,21,22,25). The van der Waals surface area contributed by atoms with Gasteiger partial charge in [0.05, 0.1) is 10.6 Å². The minimum Gasteiger partial charge on any atom is -0.298 e. The second kappa shape index (κ2) is 7.87. The highest BCUT2D eigenvalue weighted by atomic mass is 32.1. The van der Waals surface area contributed by atoms with E-state index < -0.39 is 10.8 Å². The maximum atomic E-state index is 12.4. The van der Waals surface area contributed by atoms with Crippen LogP contribution < -0.4 is 5.32 Å². The molecule has 0 radical (unpaired) electrons. The van der Waals surface area contributed by atoms with Crippen LogP contribution in [-0.4, -0.2) is 27.3 Å². The fourth-order valence-corrected chi connectivity index (χ4v) is 4.04. The average molecular weight is 394 g/mol. The molecule has 3 aromatic rings. The molecule has 142 valence electrons. The number of para-hydroxylation sites is 1. The first kappa shape index (κ1) is 18.3. The second-order valence-electron chi connectivity index (χ2n) is 6.60. The van der Waals surface area contributed by atoms with Crippen molar-refractivity contribution in [3.63, 3.8) is 0 Å². The molecule has 2 heterocycles. The molecule has 28 heavy (non-hydrogen) atoms. The van der Waals surface area contributed by atoms with Gasteiger partial charge < -0.3 is 0 Å². The van der Waals surface area contributed by atoms with Gasteiger partial charge in [0.15, 0.2) is 5.13 Å². The van der Waals surface area contributed by atoms with E-state index in [1.165, 1.54) is 40.7 Å². The highest BCUT2D eigenvalue weighted by molar-refractivity contribution is 7.14. The van der Waals surface area contributed by atoms with Crippen LogP contribution in [0, 0.1) is 10.1 Å². The van der Waals surface area contributed by atoms with Gasteiger partial charge in [0.1, 0.15) is 5.56 Å². The number of carbonyl (C=O) groups excluding carboxylic acids is 1. The molecule has 0 atom stereocenters. The minimum atomic E-state index is -0.559. The van der Waals surface area contributed by atoms with Gasteiger partial charge in [-0.3, -0.25) is 25.1 Å². The molecule has 0 spiro atoms. The molecule has 1 aromatic heterocycles. The smallest absolute Gasteiger partial charge is 0.282 e. The van der Waals surface area contributed by atoms with E-state index >= 15 is 0 Å². The van der Waals surface area contributed by atoms with Crippen LogP contribution in [0.5, 0.6) is 0 Å². The number of hydrogen-bond donors (Lipinski definition) is 1. The Bertz CT molecular complexity index is 1030. The lowest BCUT2D eigenvalue weighted by Gasteiger charge is -2.27. The Kier molecular flexibility index (Phi) is 5.14. The molecule has 0 saturated carbocycles. The Morgan fingerprint density at radius 1 is 1.18 bits per heavy atom. The first-order valence-electron chi connectivity index (χ1n) is 8.88. The van der Waals surface area contributed by atoms with Gasteiger partial charge in [0.25, 0.3) is 11.6 Å². The highest BCUT2D eigenvalue weighted by Gasteiger charge is 2.21. The molecule has 0 saturated heterocycles. The maximum absolute atomic E-state index is 12.4. The lowest BCUT2D eigenvalue weighted by Crippen LogP contribution is -2.30. The number of benzene rings is 2. The molecule has 1 aliphatic rings. The molecule has 0 fully saturated rings. The summed E-state index contributed by atoms with van der Waals surface area (Å²) in [4.78, 5) is 29.8. The van der Waals surface area contributed by atoms with Gasteiger partial charge in [-0.05, 0) is 23.6 Å². The van der Waals surface area contributed by atoms with Gasteiger partial charge in [-0.25, -0.2) is 4.98 Å². The van der Waals surface area contributed by atoms with Crippen LogP contribution >= 0.6 is 11.3 Å². The number of anilines is 1. The van der Waals surface area contributed by atoms with Crippen molar-refractivity contribution >= 4 is 28.1 Å². The number of fused-ring (bicyclic) bond motifs is 1. The van der Waals surface area contributed by atoms with Crippen molar-refractivity contribution < 1.29 is 9.72 Å². The Balaban J connectivity index is 1.41. The number of nitro groups is 1. The average Bonchev–Trinajstić information content (AvgIpc) is 3.14. The molecule has 0 unspecified atom stereocenters. The van der Waals surface area contributed by atoms with E-state index in [1.54, 1.807) is 6.07 Å². The number of amides is 1. The number of nitro benzene ring substituents is 1. The van der Waals surface area contributed by atoms with Crippen molar-refractivity contribution in [3.05, 3.63) is 86.4 Å². The van der Waals surface area contributed by atoms with Crippen molar-refractivity contribution in [3.8, 4) is 0 Å². The van der Waals surface area contributed by atoms with E-state index in [0.29, 0.717) is 11.7 Å². The van der Waals surface area contributed by atoms with E-state index in [1.807, 2.05) is 5.38 Å². The van der Waals surface area contributed by atoms with Crippen molar-refractivity contribution in [2.24, 2.45) is 0 Å². The fraction of sp³-hybridized carbons (Fsp3) is 0.200. The lowest BCUT2D eigenvalue weighted by atomic mass is 10.00. The van der Waals surface area contributed by atoms with Crippen LogP contribution in [0.2, 0.25) is 0 Å². The molecule has 2 aromatic carbocycles. The van der Waals surface area contributed by atoms with Gasteiger partial charge >= 0.3 is 0 Å². The third kappa shape index (κ3) is 3.92. The zero-order valence-electron chi connectivity index (χ0n) is 15.0. The fourth-order valence-electron chi connectivity index (χ4n) is 3.34. The van der Waals surface area contributed by atoms with E-state index in [-0.39, 0.29) is 11.3 Å². The summed E-state index contributed by atoms with van der Waals surface area (Å²) in [7, 11) is 0. The Hall–Kier alpha value is -3.10. The van der Waals surface area contributed by atoms with Crippen molar-refractivity contribution in [2.75, 3.05) is 11.9 Å². The normalized spacial score (nSPS) is 13.7. The van der Waals surface area contributed by atoms with Crippen LogP contribution in [-0.2, 0) is 19.5 Å². The molecule has 0 bridgehead atoms. The zero-order valence-corrected chi connectivity index (χ0v) is 15.8. The highest BCUT2D eigenvalue weighted by Crippen LogP contribution is 2.24. The Morgan fingerprint density at radius 2 is 1.93 bits per heavy atom. The van der Waals surface area contributed by atoms with Crippen LogP contribution in [0.25, 0.3) is 0 Å². The monoisotopic (exact) mass is 394 g/mol. The van der Waals surface area contributed by atoms with E-state index in [2.05, 4.69) is 39.5 Å². The number of nitrogens with zero attached hydrogens (tertiary/aromatic N) is 3. The van der Waals surface area contributed by atoms with E-state index in [9.17, 15) is 14.9 Å². The number of carbonyl (C=O) groups is 1. The summed E-state index contributed by atoms with van der Waals surface area (Å²) < 4.78 is 0. The van der Waals surface area contributed by atoms with Crippen LogP contribution in [0.4, 0.5) is 10.8 Å². The summed E-state index contributed by atoms with van der Waals surface area (Å²) in [5, 5.41) is 16.1. The number of nitrogens with one attached hydrogen (secondary N) is 1. The minimum absolute atomic E-state index is 0.0249. The molecule has 7 nitrogen and oxygen atoms in total. The number of thiazole rings is 1. The van der Waals surface area contributed by atoms with Gasteiger partial charge in [-0.1, -0.05) is 36.4 Å². The summed E-state index contributed by atoms with van der Waals surface area (Å²) >= 11 is 1.32. The molecule has 1 amide bonds. The maximum Gasteiger partial charge on any atom is 0.282 e. The predicted molar refractivity (Wildman–Crippen MR) is 107 cm³/mol. The molecule has 1 aliphatic heterocycles. The second-order valence-corrected chi connectivity index (χ2v) is 7.46. The topological polar surface area (TPSA) is 88.4 Å². The predicted octanol–water partition coefficient (Wildman–Crippen LogP) is 3.86. The van der Waals surface area contributed by atoms with Crippen molar-refractivity contribution in [1.82, 2.24) is 9.88 Å². The van der Waals surface area contributed by atoms with Crippen molar-refractivity contribution in [1.29, 1.82) is 0 Å². The molecule has 1 N–H and O–H groups in total. The molecular formula is C20H18N4O3S. The summed E-state index contributed by atoms with van der Waals surface area (Å²) in [5.74, 6) is -0.528. The first-order valence-corrected chi connectivity index (χ1v) is 9.76. The summed E-state index contributed by atoms with van der Waals surface area (Å²) in [6.07, 6.45) is 1.02. The van der Waals surface area contributed by atoms with E-state index in [4.69, 9.17) is 0 Å². The van der Waals surface area contributed by atoms with Gasteiger partial charge in [-0.2, -0.15) is 0 Å². The van der Waals surface area contributed by atoms with E-state index in [0.717, 1.165) is 25.2 Å². The third-order valence-corrected chi connectivity index (χ3v) is 5.52. The lowest BCUT2D eigenvalue weighted by molar-refractivity contribution is -0.385. The summed E-state index contributed by atoms with van der Waals surface area (Å²) in [5.41, 5.74) is 3.42. The Morgan fingerprint density at radius 3 is 2.75 bits per heavy atom. The SMILES string of the molecule is O=C(Nc1nc(CN2CCc3ccccc3C2)cs1)c1ccccc1[N+](=O)[O-]. The largest absolute Gasteiger partial charge is 0.298 e. The first-order chi connectivity index (χ1) is 13.6. The molecule has 0 aliphatic carbocycles. The van der Waals surface area contributed by atoms with Gasteiger partial charge in [0, 0.05) is 31.1 Å². The van der Waals surface area contributed by atoms with Crippen LogP contribution in [0.3, 0.4) is 0 Å². The van der Waals surface area contributed by atoms with Gasteiger partial charge in [0.2, 0.25) is 0 Å². The summed E-state index contributed by atoms with van der Waals surface area (Å²) in [6.45, 7) is 2.55. The molecule has 4 rings (SSSR count). The van der Waals surface area contributed by atoms with Crippen LogP contribution in [0.15, 0.2) is 53.9 Å². The van der Waals surface area contributed by atoms with Gasteiger partial charge in [-0.15, -0.1) is 11.3 Å². The Labute approximate surface area is 165 Å². The van der Waals surface area contributed by atoms with Crippen molar-refractivity contribution in [2.45, 2.75) is 19.5 Å².